The molecule has 1 N–H and O–H groups in total. The standard InChI is InChI=1S/C17H11F3N2O2S/c18-17(19,20)11-2-1-3-12(7-11)22-8-13(21-16(22)25)10-4-5-14-15(6-10)24-9-23-14/h1-8H,9H2,(H,21,25). The van der Waals surface area contributed by atoms with Crippen molar-refractivity contribution >= 4 is 12.2 Å². The van der Waals surface area contributed by atoms with E-state index in [-0.39, 0.29) is 6.79 Å². The predicted octanol–water partition coefficient (Wildman–Crippen LogP) is 4.95. The third-order valence-corrected chi connectivity index (χ3v) is 4.15. The summed E-state index contributed by atoms with van der Waals surface area (Å²) in [5, 5.41) is 0. The molecule has 0 aliphatic carbocycles. The van der Waals surface area contributed by atoms with Gasteiger partial charge >= 0.3 is 6.18 Å². The Morgan fingerprint density at radius 1 is 1.04 bits per heavy atom. The van der Waals surface area contributed by atoms with Crippen molar-refractivity contribution in [2.75, 3.05) is 6.79 Å². The number of benzene rings is 2. The monoisotopic (exact) mass is 364 g/mol. The molecule has 4 nitrogen and oxygen atoms in total. The number of hydrogen-bond donors (Lipinski definition) is 1. The van der Waals surface area contributed by atoms with Crippen molar-refractivity contribution in [3.05, 3.63) is 59.0 Å². The fourth-order valence-electron chi connectivity index (χ4n) is 2.63. The lowest BCUT2D eigenvalue weighted by atomic mass is 10.1. The summed E-state index contributed by atoms with van der Waals surface area (Å²) < 4.78 is 51.1. The number of aromatic amines is 1. The van der Waals surface area contributed by atoms with Crippen LogP contribution in [0.3, 0.4) is 0 Å². The Morgan fingerprint density at radius 2 is 1.84 bits per heavy atom. The Hall–Kier alpha value is -2.74. The van der Waals surface area contributed by atoms with Crippen LogP contribution >= 0.6 is 12.2 Å². The second-order valence-electron chi connectivity index (χ2n) is 5.46. The lowest BCUT2D eigenvalue weighted by Crippen LogP contribution is -2.05. The van der Waals surface area contributed by atoms with Crippen molar-refractivity contribution in [1.29, 1.82) is 0 Å². The third kappa shape index (κ3) is 2.89. The van der Waals surface area contributed by atoms with Crippen LogP contribution in [0.2, 0.25) is 0 Å². The fourth-order valence-corrected chi connectivity index (χ4v) is 2.90. The molecule has 0 bridgehead atoms. The molecule has 0 saturated carbocycles. The van der Waals surface area contributed by atoms with Crippen LogP contribution < -0.4 is 9.47 Å². The molecule has 25 heavy (non-hydrogen) atoms. The smallest absolute Gasteiger partial charge is 0.416 e. The number of fused-ring (bicyclic) bond motifs is 1. The Bertz CT molecular complexity index is 1010. The number of nitrogens with one attached hydrogen (secondary N) is 1. The van der Waals surface area contributed by atoms with E-state index in [4.69, 9.17) is 21.7 Å². The van der Waals surface area contributed by atoms with Crippen molar-refractivity contribution in [2.24, 2.45) is 0 Å². The second kappa shape index (κ2) is 5.66. The molecule has 128 valence electrons. The fraction of sp³-hybridized carbons (Fsp3) is 0.118. The van der Waals surface area contributed by atoms with E-state index in [9.17, 15) is 13.2 Å². The van der Waals surface area contributed by atoms with Crippen LogP contribution in [0.15, 0.2) is 48.7 Å². The maximum absolute atomic E-state index is 12.9. The molecule has 0 spiro atoms. The number of ether oxygens (including phenoxy) is 2. The molecule has 0 amide bonds. The number of alkyl halides is 3. The van der Waals surface area contributed by atoms with Gasteiger partial charge < -0.3 is 14.5 Å². The summed E-state index contributed by atoms with van der Waals surface area (Å²) in [6.07, 6.45) is -2.75. The summed E-state index contributed by atoms with van der Waals surface area (Å²) in [6.45, 7) is 0.167. The van der Waals surface area contributed by atoms with E-state index < -0.39 is 11.7 Å². The quantitative estimate of drug-likeness (QED) is 0.654. The normalized spacial score (nSPS) is 13.2. The number of H-pyrrole nitrogens is 1. The predicted molar refractivity (Wildman–Crippen MR) is 87.5 cm³/mol. The first-order valence-electron chi connectivity index (χ1n) is 7.31. The minimum Gasteiger partial charge on any atom is -0.454 e. The first kappa shape index (κ1) is 15.8. The number of halogens is 3. The SMILES string of the molecule is FC(F)(F)c1cccc(-n2cc(-c3ccc4c(c3)OCO4)[nH]c2=S)c1. The molecule has 0 atom stereocenters. The highest BCUT2D eigenvalue weighted by Crippen LogP contribution is 2.36. The minimum atomic E-state index is -4.41. The molecule has 1 aliphatic rings. The molecule has 4 rings (SSSR count). The highest BCUT2D eigenvalue weighted by molar-refractivity contribution is 7.71. The molecule has 0 saturated heterocycles. The van der Waals surface area contributed by atoms with Gasteiger partial charge in [-0.05, 0) is 48.6 Å². The summed E-state index contributed by atoms with van der Waals surface area (Å²) in [7, 11) is 0. The van der Waals surface area contributed by atoms with Crippen LogP contribution in [0.5, 0.6) is 11.5 Å². The molecule has 0 radical (unpaired) electrons. The van der Waals surface area contributed by atoms with E-state index in [1.54, 1.807) is 24.4 Å². The zero-order chi connectivity index (χ0) is 17.6. The molecule has 8 heteroatoms. The highest BCUT2D eigenvalue weighted by atomic mass is 32.1. The zero-order valence-electron chi connectivity index (χ0n) is 12.6. The summed E-state index contributed by atoms with van der Waals surface area (Å²) in [6, 6.07) is 10.4. The summed E-state index contributed by atoms with van der Waals surface area (Å²) in [4.78, 5) is 3.01. The van der Waals surface area contributed by atoms with Crippen molar-refractivity contribution in [1.82, 2.24) is 9.55 Å². The Labute approximate surface area is 145 Å². The lowest BCUT2D eigenvalue weighted by molar-refractivity contribution is -0.137. The zero-order valence-corrected chi connectivity index (χ0v) is 13.4. The van der Waals surface area contributed by atoms with Gasteiger partial charge in [0, 0.05) is 17.4 Å². The average molecular weight is 364 g/mol. The number of aromatic nitrogens is 2. The van der Waals surface area contributed by atoms with E-state index in [2.05, 4.69) is 4.98 Å². The van der Waals surface area contributed by atoms with Gasteiger partial charge in [-0.25, -0.2) is 0 Å². The Balaban J connectivity index is 1.75. The van der Waals surface area contributed by atoms with E-state index >= 15 is 0 Å². The van der Waals surface area contributed by atoms with Gasteiger partial charge in [-0.15, -0.1) is 0 Å². The number of hydrogen-bond acceptors (Lipinski definition) is 3. The van der Waals surface area contributed by atoms with Crippen molar-refractivity contribution in [3.8, 4) is 28.4 Å². The molecule has 2 heterocycles. The van der Waals surface area contributed by atoms with Crippen molar-refractivity contribution in [3.63, 3.8) is 0 Å². The minimum absolute atomic E-state index is 0.167. The molecular weight excluding hydrogens is 353 g/mol. The van der Waals surface area contributed by atoms with Gasteiger partial charge in [0.05, 0.1) is 11.3 Å². The summed E-state index contributed by atoms with van der Waals surface area (Å²) in [5.41, 5.74) is 1.07. The van der Waals surface area contributed by atoms with Gasteiger partial charge in [0.2, 0.25) is 6.79 Å². The Morgan fingerprint density at radius 3 is 2.64 bits per heavy atom. The van der Waals surface area contributed by atoms with Crippen LogP contribution in [0.1, 0.15) is 5.56 Å². The molecule has 3 aromatic rings. The van der Waals surface area contributed by atoms with Crippen LogP contribution in [0.4, 0.5) is 13.2 Å². The molecule has 0 unspecified atom stereocenters. The Kier molecular flexibility index (Phi) is 3.57. The number of rotatable bonds is 2. The first-order chi connectivity index (χ1) is 11.9. The van der Waals surface area contributed by atoms with Gasteiger partial charge in [0.15, 0.2) is 16.3 Å². The van der Waals surface area contributed by atoms with Crippen LogP contribution in [0, 0.1) is 4.77 Å². The second-order valence-corrected chi connectivity index (χ2v) is 5.85. The van der Waals surface area contributed by atoms with Crippen LogP contribution in [-0.4, -0.2) is 16.3 Å². The molecule has 2 aromatic carbocycles. The first-order valence-corrected chi connectivity index (χ1v) is 7.72. The third-order valence-electron chi connectivity index (χ3n) is 3.85. The van der Waals surface area contributed by atoms with Crippen LogP contribution in [-0.2, 0) is 6.18 Å². The largest absolute Gasteiger partial charge is 0.454 e. The molecule has 0 fully saturated rings. The maximum Gasteiger partial charge on any atom is 0.416 e. The van der Waals surface area contributed by atoms with E-state index in [1.807, 2.05) is 6.07 Å². The van der Waals surface area contributed by atoms with Gasteiger partial charge in [-0.1, -0.05) is 6.07 Å². The summed E-state index contributed by atoms with van der Waals surface area (Å²) in [5.74, 6) is 1.27. The van der Waals surface area contributed by atoms with Gasteiger partial charge in [-0.2, -0.15) is 13.2 Å². The maximum atomic E-state index is 12.9. The number of imidazole rings is 1. The highest BCUT2D eigenvalue weighted by Gasteiger charge is 2.30. The van der Waals surface area contributed by atoms with Crippen molar-refractivity contribution < 1.29 is 22.6 Å². The lowest BCUT2D eigenvalue weighted by Gasteiger charge is -2.09. The molecule has 1 aliphatic heterocycles. The molecule has 1 aromatic heterocycles. The molecular formula is C17H11F3N2O2S. The topological polar surface area (TPSA) is 39.2 Å². The average Bonchev–Trinajstić information content (AvgIpc) is 3.19. The van der Waals surface area contributed by atoms with Gasteiger partial charge in [0.25, 0.3) is 0 Å². The van der Waals surface area contributed by atoms with E-state index in [0.29, 0.717) is 27.7 Å². The van der Waals surface area contributed by atoms with Crippen molar-refractivity contribution in [2.45, 2.75) is 6.18 Å². The van der Waals surface area contributed by atoms with Crippen LogP contribution in [0.25, 0.3) is 16.9 Å². The van der Waals surface area contributed by atoms with Gasteiger partial charge in [0.1, 0.15) is 0 Å². The van der Waals surface area contributed by atoms with E-state index in [1.165, 1.54) is 10.6 Å². The number of nitrogens with zero attached hydrogens (tertiary/aromatic N) is 1. The van der Waals surface area contributed by atoms with E-state index in [0.717, 1.165) is 17.7 Å². The summed E-state index contributed by atoms with van der Waals surface area (Å²) >= 11 is 5.26. The van der Waals surface area contributed by atoms with Gasteiger partial charge in [-0.3, -0.25) is 4.57 Å².